The van der Waals surface area contributed by atoms with Crippen LogP contribution in [0, 0.1) is 0 Å². The first-order valence-electron chi connectivity index (χ1n) is 6.15. The molecule has 1 fully saturated rings. The summed E-state index contributed by atoms with van der Waals surface area (Å²) in [6.07, 6.45) is 1.56. The van der Waals surface area contributed by atoms with Crippen LogP contribution in [-0.2, 0) is 4.74 Å². The number of rotatable bonds is 1. The molecule has 0 radical (unpaired) electrons. The maximum absolute atomic E-state index is 10.1. The summed E-state index contributed by atoms with van der Waals surface area (Å²) in [6, 6.07) is 3.59. The van der Waals surface area contributed by atoms with Crippen LogP contribution in [0.2, 0.25) is 5.15 Å². The third-order valence-corrected chi connectivity index (χ3v) is 3.59. The topological polar surface area (TPSA) is 58.5 Å². The molecule has 0 saturated carbocycles. The predicted octanol–water partition coefficient (Wildman–Crippen LogP) is 2.21. The van der Waals surface area contributed by atoms with Crippen molar-refractivity contribution in [3.8, 4) is 5.75 Å². The molecule has 3 rings (SSSR count). The highest BCUT2D eigenvalue weighted by Crippen LogP contribution is 2.31. The molecule has 0 aliphatic carbocycles. The summed E-state index contributed by atoms with van der Waals surface area (Å²) in [5, 5.41) is 11.0. The second kappa shape index (κ2) is 4.83. The quantitative estimate of drug-likeness (QED) is 0.811. The molecular weight excluding hydrogens is 266 g/mol. The molecule has 0 aromatic carbocycles. The molecule has 1 saturated heterocycles. The number of fused-ring (bicyclic) bond motifs is 1. The van der Waals surface area contributed by atoms with Crippen molar-refractivity contribution in [2.24, 2.45) is 0 Å². The van der Waals surface area contributed by atoms with E-state index in [1.165, 1.54) is 0 Å². The van der Waals surface area contributed by atoms with Crippen LogP contribution in [-0.4, -0.2) is 40.9 Å². The van der Waals surface area contributed by atoms with Crippen molar-refractivity contribution in [2.75, 3.05) is 24.7 Å². The van der Waals surface area contributed by atoms with Crippen molar-refractivity contribution in [1.82, 2.24) is 9.97 Å². The highest BCUT2D eigenvalue weighted by Gasteiger charge is 2.21. The van der Waals surface area contributed by atoms with E-state index in [1.807, 2.05) is 0 Å². The Morgan fingerprint density at radius 2 is 2.37 bits per heavy atom. The summed E-state index contributed by atoms with van der Waals surface area (Å²) in [6.45, 7) is 4.12. The number of halogens is 1. The van der Waals surface area contributed by atoms with Gasteiger partial charge in [0.25, 0.3) is 0 Å². The predicted molar refractivity (Wildman–Crippen MR) is 73.8 cm³/mol. The van der Waals surface area contributed by atoms with Crippen molar-refractivity contribution in [3.63, 3.8) is 0 Å². The largest absolute Gasteiger partial charge is 0.507 e. The van der Waals surface area contributed by atoms with E-state index in [-0.39, 0.29) is 11.8 Å². The minimum absolute atomic E-state index is 0.169. The van der Waals surface area contributed by atoms with Crippen molar-refractivity contribution in [2.45, 2.75) is 13.0 Å². The lowest BCUT2D eigenvalue weighted by atomic mass is 10.2. The Morgan fingerprint density at radius 1 is 1.53 bits per heavy atom. The third-order valence-electron chi connectivity index (χ3n) is 3.31. The monoisotopic (exact) mass is 279 g/mol. The molecule has 2 aromatic rings. The van der Waals surface area contributed by atoms with E-state index in [9.17, 15) is 5.11 Å². The average molecular weight is 280 g/mol. The molecular formula is C13H14ClN3O2. The van der Waals surface area contributed by atoms with Gasteiger partial charge in [-0.05, 0) is 13.0 Å². The van der Waals surface area contributed by atoms with Crippen LogP contribution < -0.4 is 4.90 Å². The number of aromatic nitrogens is 2. The van der Waals surface area contributed by atoms with Gasteiger partial charge in [-0.3, -0.25) is 0 Å². The molecule has 0 spiro atoms. The fraction of sp³-hybridized carbons (Fsp3) is 0.385. The minimum atomic E-state index is 0.169. The molecule has 1 aliphatic rings. The van der Waals surface area contributed by atoms with E-state index in [0.717, 1.165) is 6.54 Å². The first-order chi connectivity index (χ1) is 9.16. The number of nitrogens with zero attached hydrogens (tertiary/aromatic N) is 3. The number of ether oxygens (including phenoxy) is 1. The first-order valence-corrected chi connectivity index (χ1v) is 6.53. The zero-order chi connectivity index (χ0) is 13.4. The van der Waals surface area contributed by atoms with Crippen molar-refractivity contribution < 1.29 is 9.84 Å². The van der Waals surface area contributed by atoms with E-state index in [1.54, 1.807) is 18.3 Å². The summed E-state index contributed by atoms with van der Waals surface area (Å²) in [4.78, 5) is 10.6. The van der Waals surface area contributed by atoms with Gasteiger partial charge >= 0.3 is 0 Å². The molecule has 2 aromatic heterocycles. The van der Waals surface area contributed by atoms with Gasteiger partial charge in [0.15, 0.2) is 5.15 Å². The van der Waals surface area contributed by atoms with Crippen LogP contribution in [0.1, 0.15) is 6.92 Å². The normalized spacial score (nSPS) is 19.9. The molecule has 1 atom stereocenters. The van der Waals surface area contributed by atoms with Gasteiger partial charge in [0, 0.05) is 24.2 Å². The maximum Gasteiger partial charge on any atom is 0.155 e. The van der Waals surface area contributed by atoms with E-state index in [0.29, 0.717) is 35.1 Å². The lowest BCUT2D eigenvalue weighted by molar-refractivity contribution is 0.0985. The van der Waals surface area contributed by atoms with Crippen LogP contribution in [0.15, 0.2) is 18.3 Å². The highest BCUT2D eigenvalue weighted by atomic mass is 35.5. The fourth-order valence-electron chi connectivity index (χ4n) is 2.30. The molecule has 1 N–H and O–H groups in total. The first kappa shape index (κ1) is 12.4. The van der Waals surface area contributed by atoms with Gasteiger partial charge in [-0.2, -0.15) is 0 Å². The zero-order valence-corrected chi connectivity index (χ0v) is 11.3. The van der Waals surface area contributed by atoms with Gasteiger partial charge in [0.1, 0.15) is 17.1 Å². The van der Waals surface area contributed by atoms with E-state index in [4.69, 9.17) is 16.3 Å². The minimum Gasteiger partial charge on any atom is -0.507 e. The van der Waals surface area contributed by atoms with E-state index in [2.05, 4.69) is 21.8 Å². The van der Waals surface area contributed by atoms with Gasteiger partial charge in [-0.15, -0.1) is 0 Å². The molecule has 0 unspecified atom stereocenters. The molecule has 0 bridgehead atoms. The highest BCUT2D eigenvalue weighted by molar-refractivity contribution is 6.33. The Bertz CT molecular complexity index is 620. The summed E-state index contributed by atoms with van der Waals surface area (Å²) >= 11 is 6.05. The van der Waals surface area contributed by atoms with Crippen LogP contribution in [0.4, 0.5) is 5.82 Å². The van der Waals surface area contributed by atoms with Crippen molar-refractivity contribution >= 4 is 28.3 Å². The van der Waals surface area contributed by atoms with Gasteiger partial charge < -0.3 is 14.7 Å². The van der Waals surface area contributed by atoms with Crippen LogP contribution in [0.25, 0.3) is 10.9 Å². The SMILES string of the molecule is C[C@@H]1COCCN1c1cc(O)c2ccnc(Cl)c2n1. The molecule has 3 heterocycles. The summed E-state index contributed by atoms with van der Waals surface area (Å²) in [5.74, 6) is 0.874. The smallest absolute Gasteiger partial charge is 0.155 e. The molecule has 5 nitrogen and oxygen atoms in total. The van der Waals surface area contributed by atoms with E-state index >= 15 is 0 Å². The van der Waals surface area contributed by atoms with Gasteiger partial charge in [0.2, 0.25) is 0 Å². The summed E-state index contributed by atoms with van der Waals surface area (Å²) < 4.78 is 5.40. The van der Waals surface area contributed by atoms with Crippen molar-refractivity contribution in [1.29, 1.82) is 0 Å². The number of anilines is 1. The Kier molecular flexibility index (Phi) is 3.16. The van der Waals surface area contributed by atoms with Crippen molar-refractivity contribution in [3.05, 3.63) is 23.5 Å². The van der Waals surface area contributed by atoms with E-state index < -0.39 is 0 Å². The van der Waals surface area contributed by atoms with Crippen LogP contribution >= 0.6 is 11.6 Å². The Morgan fingerprint density at radius 3 is 3.16 bits per heavy atom. The van der Waals surface area contributed by atoms with Crippen LogP contribution in [0.3, 0.4) is 0 Å². The second-order valence-electron chi connectivity index (χ2n) is 4.61. The fourth-order valence-corrected chi connectivity index (χ4v) is 2.50. The molecule has 0 amide bonds. The Labute approximate surface area is 115 Å². The molecule has 19 heavy (non-hydrogen) atoms. The number of morpholine rings is 1. The Hall–Kier alpha value is -1.59. The second-order valence-corrected chi connectivity index (χ2v) is 4.97. The lowest BCUT2D eigenvalue weighted by Gasteiger charge is -2.34. The third kappa shape index (κ3) is 2.19. The van der Waals surface area contributed by atoms with Gasteiger partial charge in [-0.1, -0.05) is 11.6 Å². The Balaban J connectivity index is 2.12. The van der Waals surface area contributed by atoms with Gasteiger partial charge in [-0.25, -0.2) is 9.97 Å². The average Bonchev–Trinajstić information content (AvgIpc) is 2.40. The number of hydrogen-bond donors (Lipinski definition) is 1. The summed E-state index contributed by atoms with van der Waals surface area (Å²) in [7, 11) is 0. The maximum atomic E-state index is 10.1. The number of aromatic hydroxyl groups is 1. The number of hydrogen-bond acceptors (Lipinski definition) is 5. The standard InChI is InChI=1S/C13H14ClN3O2/c1-8-7-19-5-4-17(8)11-6-10(18)9-2-3-15-13(14)12(9)16-11/h2-3,6,8H,4-5,7H2,1H3,(H,16,18)/t8-/m1/s1. The number of pyridine rings is 2. The molecule has 1 aliphatic heterocycles. The molecule has 100 valence electrons. The van der Waals surface area contributed by atoms with Gasteiger partial charge in [0.05, 0.1) is 19.3 Å². The zero-order valence-electron chi connectivity index (χ0n) is 10.5. The molecule has 6 heteroatoms. The lowest BCUT2D eigenvalue weighted by Crippen LogP contribution is -2.44. The summed E-state index contributed by atoms with van der Waals surface area (Å²) in [5.41, 5.74) is 0.526. The van der Waals surface area contributed by atoms with Crippen LogP contribution in [0.5, 0.6) is 5.75 Å².